The van der Waals surface area contributed by atoms with Gasteiger partial charge in [0.15, 0.2) is 5.82 Å². The molecule has 5 rings (SSSR count). The molecule has 0 bridgehead atoms. The first-order chi connectivity index (χ1) is 12.9. The molecule has 2 aromatic heterocycles. The number of fused-ring (bicyclic) bond motifs is 2. The van der Waals surface area contributed by atoms with Gasteiger partial charge in [-0.3, -0.25) is 10.4 Å². The number of hydrogen-bond donors (Lipinski definition) is 1. The first-order valence-corrected chi connectivity index (χ1v) is 10.7. The predicted octanol–water partition coefficient (Wildman–Crippen LogP) is 4.98. The highest BCUT2D eigenvalue weighted by Crippen LogP contribution is 2.37. The number of hydrazine groups is 1. The van der Waals surface area contributed by atoms with Crippen molar-refractivity contribution in [2.75, 3.05) is 17.0 Å². The Hall–Kier alpha value is -2.12. The predicted molar refractivity (Wildman–Crippen MR) is 110 cm³/mol. The minimum absolute atomic E-state index is 0.750. The van der Waals surface area contributed by atoms with Crippen molar-refractivity contribution in [3.8, 4) is 0 Å². The lowest BCUT2D eigenvalue weighted by Crippen LogP contribution is -2.31. The van der Waals surface area contributed by atoms with Gasteiger partial charge in [0, 0.05) is 15.5 Å². The third-order valence-corrected chi connectivity index (χ3v) is 7.03. The second-order valence-electron chi connectivity index (χ2n) is 6.59. The molecule has 0 radical (unpaired) electrons. The molecular weight excluding hydrogens is 362 g/mol. The Labute approximate surface area is 160 Å². The molecule has 1 fully saturated rings. The van der Waals surface area contributed by atoms with Crippen LogP contribution in [0.15, 0.2) is 41.0 Å². The molecule has 26 heavy (non-hydrogen) atoms. The van der Waals surface area contributed by atoms with Crippen LogP contribution in [0.5, 0.6) is 0 Å². The molecule has 132 valence electrons. The summed E-state index contributed by atoms with van der Waals surface area (Å²) in [6, 6.07) is 6.52. The van der Waals surface area contributed by atoms with Crippen LogP contribution >= 0.6 is 23.1 Å². The highest BCUT2D eigenvalue weighted by Gasteiger charge is 2.19. The van der Waals surface area contributed by atoms with E-state index in [1.54, 1.807) is 17.7 Å². The Morgan fingerprint density at radius 2 is 2.08 bits per heavy atom. The molecule has 2 aliphatic rings. The number of rotatable bonds is 4. The van der Waals surface area contributed by atoms with Crippen LogP contribution in [-0.2, 0) is 0 Å². The summed E-state index contributed by atoms with van der Waals surface area (Å²) in [6.45, 7) is 0.789. The maximum absolute atomic E-state index is 4.52. The minimum atomic E-state index is 0.750. The van der Waals surface area contributed by atoms with Crippen molar-refractivity contribution in [2.24, 2.45) is 0 Å². The number of anilines is 2. The lowest BCUT2D eigenvalue weighted by atomic mass is 10.2. The molecule has 3 heterocycles. The van der Waals surface area contributed by atoms with E-state index < -0.39 is 0 Å². The van der Waals surface area contributed by atoms with Crippen LogP contribution < -0.4 is 10.4 Å². The fourth-order valence-electron chi connectivity index (χ4n) is 3.54. The van der Waals surface area contributed by atoms with Crippen molar-refractivity contribution in [3.63, 3.8) is 0 Å². The molecule has 1 saturated carbocycles. The van der Waals surface area contributed by atoms with Crippen LogP contribution in [0.4, 0.5) is 10.8 Å². The molecule has 0 amide bonds. The third-order valence-electron chi connectivity index (χ3n) is 4.84. The van der Waals surface area contributed by atoms with Crippen LogP contribution in [0, 0.1) is 0 Å². The Morgan fingerprint density at radius 3 is 3.00 bits per heavy atom. The van der Waals surface area contributed by atoms with Gasteiger partial charge in [-0.1, -0.05) is 18.9 Å². The summed E-state index contributed by atoms with van der Waals surface area (Å²) >= 11 is 3.63. The van der Waals surface area contributed by atoms with Gasteiger partial charge in [0.1, 0.15) is 11.3 Å². The fourth-order valence-corrected chi connectivity index (χ4v) is 5.58. The van der Waals surface area contributed by atoms with Crippen molar-refractivity contribution in [1.29, 1.82) is 0 Å². The van der Waals surface area contributed by atoms with Gasteiger partial charge in [-0.15, -0.1) is 23.1 Å². The van der Waals surface area contributed by atoms with E-state index in [9.17, 15) is 0 Å². The number of nitrogens with one attached hydrogen (secondary N) is 1. The normalized spacial score (nSPS) is 17.0. The zero-order valence-corrected chi connectivity index (χ0v) is 15.9. The first-order valence-electron chi connectivity index (χ1n) is 8.92. The smallest absolute Gasteiger partial charge is 0.155 e. The second-order valence-corrected chi connectivity index (χ2v) is 8.80. The minimum Gasteiger partial charge on any atom is -0.280 e. The van der Waals surface area contributed by atoms with Crippen LogP contribution in [0.25, 0.3) is 17.0 Å². The number of thiazole rings is 1. The molecule has 5 nitrogen and oxygen atoms in total. The quantitative estimate of drug-likeness (QED) is 0.688. The van der Waals surface area contributed by atoms with E-state index in [2.05, 4.69) is 55.7 Å². The molecule has 0 unspecified atom stereocenters. The Bertz CT molecular complexity index is 961. The van der Waals surface area contributed by atoms with Crippen LogP contribution in [0.2, 0.25) is 0 Å². The fraction of sp³-hybridized carbons (Fsp3) is 0.316. The highest BCUT2D eigenvalue weighted by molar-refractivity contribution is 8.00. The molecule has 1 aromatic carbocycles. The number of thioether (sulfide) groups is 1. The van der Waals surface area contributed by atoms with Gasteiger partial charge in [0.2, 0.25) is 0 Å². The van der Waals surface area contributed by atoms with Gasteiger partial charge < -0.3 is 0 Å². The summed E-state index contributed by atoms with van der Waals surface area (Å²) < 4.78 is 0. The lowest BCUT2D eigenvalue weighted by molar-refractivity contribution is 0.886. The number of hydrogen-bond acceptors (Lipinski definition) is 7. The zero-order valence-electron chi connectivity index (χ0n) is 14.3. The van der Waals surface area contributed by atoms with E-state index in [-0.39, 0.29) is 0 Å². The standard InChI is InChI=1S/C19H19N5S2/c1-2-5-13(4-1)26-14-7-8-16-15(10-14)18(21-11-20-16)23-24-9-3-6-17-19(24)25-12-22-17/h3,6-8,10-13H,1-2,4-5,9H2,(H,20,21,23). The van der Waals surface area contributed by atoms with E-state index in [1.807, 2.05) is 17.3 Å². The second kappa shape index (κ2) is 6.89. The van der Waals surface area contributed by atoms with E-state index in [1.165, 1.54) is 30.6 Å². The van der Waals surface area contributed by atoms with Crippen LogP contribution in [-0.4, -0.2) is 26.7 Å². The summed E-state index contributed by atoms with van der Waals surface area (Å²) in [5, 5.41) is 5.04. The maximum atomic E-state index is 4.52. The van der Waals surface area contributed by atoms with Crippen molar-refractivity contribution in [1.82, 2.24) is 15.0 Å². The summed E-state index contributed by atoms with van der Waals surface area (Å²) in [5.74, 6) is 0.846. The topological polar surface area (TPSA) is 53.9 Å². The molecule has 1 aliphatic carbocycles. The maximum Gasteiger partial charge on any atom is 0.155 e. The first kappa shape index (κ1) is 16.1. The Balaban J connectivity index is 1.46. The van der Waals surface area contributed by atoms with E-state index >= 15 is 0 Å². The monoisotopic (exact) mass is 381 g/mol. The van der Waals surface area contributed by atoms with Crippen molar-refractivity contribution in [3.05, 3.63) is 41.8 Å². The number of aromatic nitrogens is 3. The molecular formula is C19H19N5S2. The van der Waals surface area contributed by atoms with Gasteiger partial charge in [0.25, 0.3) is 0 Å². The third kappa shape index (κ3) is 3.05. The average molecular weight is 382 g/mol. The van der Waals surface area contributed by atoms with Crippen LogP contribution in [0.1, 0.15) is 31.4 Å². The van der Waals surface area contributed by atoms with Gasteiger partial charge >= 0.3 is 0 Å². The van der Waals surface area contributed by atoms with Gasteiger partial charge in [0.05, 0.1) is 23.3 Å². The summed E-state index contributed by atoms with van der Waals surface area (Å²) in [4.78, 5) is 14.7. The Morgan fingerprint density at radius 1 is 1.15 bits per heavy atom. The molecule has 0 saturated heterocycles. The summed E-state index contributed by atoms with van der Waals surface area (Å²) in [5.41, 5.74) is 7.33. The summed E-state index contributed by atoms with van der Waals surface area (Å²) in [7, 11) is 0. The van der Waals surface area contributed by atoms with Gasteiger partial charge in [-0.2, -0.15) is 0 Å². The van der Waals surface area contributed by atoms with Crippen molar-refractivity contribution < 1.29 is 0 Å². The molecule has 0 atom stereocenters. The average Bonchev–Trinajstić information content (AvgIpc) is 3.34. The molecule has 7 heteroatoms. The van der Waals surface area contributed by atoms with Gasteiger partial charge in [-0.25, -0.2) is 15.0 Å². The van der Waals surface area contributed by atoms with E-state index in [0.29, 0.717) is 0 Å². The van der Waals surface area contributed by atoms with E-state index in [4.69, 9.17) is 0 Å². The molecule has 3 aromatic rings. The molecule has 0 spiro atoms. The zero-order chi connectivity index (χ0) is 17.3. The SMILES string of the molecule is C1=Cc2ncsc2N(Nc2ncnc3ccc(SC4CCCC4)cc23)C1. The largest absolute Gasteiger partial charge is 0.280 e. The molecule has 1 aliphatic heterocycles. The highest BCUT2D eigenvalue weighted by atomic mass is 32.2. The Kier molecular flexibility index (Phi) is 4.26. The van der Waals surface area contributed by atoms with Gasteiger partial charge in [-0.05, 0) is 37.1 Å². The molecule has 1 N–H and O–H groups in total. The number of benzene rings is 1. The number of nitrogens with zero attached hydrogens (tertiary/aromatic N) is 4. The summed E-state index contributed by atoms with van der Waals surface area (Å²) in [6.07, 6.45) is 11.2. The van der Waals surface area contributed by atoms with Crippen LogP contribution in [0.3, 0.4) is 0 Å². The van der Waals surface area contributed by atoms with Crippen molar-refractivity contribution >= 4 is 50.9 Å². The van der Waals surface area contributed by atoms with E-state index in [0.717, 1.165) is 39.2 Å². The van der Waals surface area contributed by atoms with Crippen molar-refractivity contribution in [2.45, 2.75) is 35.8 Å². The lowest BCUT2D eigenvalue weighted by Gasteiger charge is -2.26.